The number of fused-ring (bicyclic) bond motifs is 1. The monoisotopic (exact) mass is 344 g/mol. The smallest absolute Gasteiger partial charge is 0.266 e. The first-order valence-corrected chi connectivity index (χ1v) is 8.79. The Morgan fingerprint density at radius 2 is 2.00 bits per heavy atom. The van der Waals surface area contributed by atoms with Crippen LogP contribution in [0.25, 0.3) is 6.08 Å². The van der Waals surface area contributed by atoms with Gasteiger partial charge in [-0.1, -0.05) is 41.9 Å². The van der Waals surface area contributed by atoms with E-state index in [0.29, 0.717) is 5.03 Å². The summed E-state index contributed by atoms with van der Waals surface area (Å²) in [4.78, 5) is 14.2. The van der Waals surface area contributed by atoms with E-state index in [1.807, 2.05) is 36.4 Å². The molecule has 0 saturated carbocycles. The number of carbonyl (C=O) groups is 1. The van der Waals surface area contributed by atoms with E-state index in [4.69, 9.17) is 11.6 Å². The Bertz CT molecular complexity index is 726. The molecule has 1 aliphatic rings. The lowest BCUT2D eigenvalue weighted by molar-refractivity contribution is 0.0959. The molecule has 0 saturated heterocycles. The van der Waals surface area contributed by atoms with E-state index in [9.17, 15) is 4.79 Å². The molecule has 118 valence electrons. The molecule has 0 atom stereocenters. The molecular formula is C18H17ClN2OS. The number of benzene rings is 1. The molecule has 1 heterocycles. The maximum absolute atomic E-state index is 12.1. The molecule has 0 radical (unpaired) electrons. The molecule has 1 N–H and O–H groups in total. The first kappa shape index (κ1) is 16.0. The quantitative estimate of drug-likeness (QED) is 0.638. The summed E-state index contributed by atoms with van der Waals surface area (Å²) in [7, 11) is 0. The van der Waals surface area contributed by atoms with Crippen molar-refractivity contribution in [2.24, 2.45) is 5.10 Å². The number of rotatable bonds is 4. The van der Waals surface area contributed by atoms with Gasteiger partial charge in [-0.3, -0.25) is 4.79 Å². The molecule has 2 aromatic rings. The second kappa shape index (κ2) is 7.57. The average molecular weight is 345 g/mol. The van der Waals surface area contributed by atoms with E-state index in [0.717, 1.165) is 23.3 Å². The Morgan fingerprint density at radius 3 is 2.78 bits per heavy atom. The fourth-order valence-electron chi connectivity index (χ4n) is 2.56. The fraction of sp³-hybridized carbons (Fsp3) is 0.222. The van der Waals surface area contributed by atoms with Gasteiger partial charge in [0.05, 0.1) is 16.1 Å². The number of hydrogen-bond donors (Lipinski definition) is 1. The highest BCUT2D eigenvalue weighted by Gasteiger charge is 2.16. The zero-order chi connectivity index (χ0) is 16.1. The largest absolute Gasteiger partial charge is 0.281 e. The molecule has 0 aliphatic heterocycles. The molecule has 1 aromatic carbocycles. The molecule has 0 unspecified atom stereocenters. The Kier molecular flexibility index (Phi) is 5.26. The second-order valence-electron chi connectivity index (χ2n) is 5.41. The first-order chi connectivity index (χ1) is 11.2. The minimum atomic E-state index is -0.176. The second-order valence-corrected chi connectivity index (χ2v) is 6.98. The van der Waals surface area contributed by atoms with Crippen molar-refractivity contribution in [3.05, 3.63) is 62.3 Å². The van der Waals surface area contributed by atoms with E-state index in [-0.39, 0.29) is 5.91 Å². The van der Waals surface area contributed by atoms with E-state index in [1.54, 1.807) is 17.4 Å². The number of carbonyl (C=O) groups excluding carboxylic acids is 1. The van der Waals surface area contributed by atoms with Crippen molar-refractivity contribution in [1.29, 1.82) is 0 Å². The van der Waals surface area contributed by atoms with E-state index in [2.05, 4.69) is 10.5 Å². The molecule has 1 aromatic heterocycles. The van der Waals surface area contributed by atoms with Crippen LogP contribution in [0, 0.1) is 0 Å². The van der Waals surface area contributed by atoms with Crippen molar-refractivity contribution < 1.29 is 4.79 Å². The third-order valence-corrected chi connectivity index (χ3v) is 5.12. The number of hydrazone groups is 1. The van der Waals surface area contributed by atoms with Gasteiger partial charge in [-0.25, -0.2) is 5.43 Å². The van der Waals surface area contributed by atoms with Gasteiger partial charge in [0.2, 0.25) is 0 Å². The first-order valence-electron chi connectivity index (χ1n) is 7.59. The summed E-state index contributed by atoms with van der Waals surface area (Å²) in [5, 5.41) is 4.39. The molecule has 0 bridgehead atoms. The van der Waals surface area contributed by atoms with Crippen LogP contribution in [-0.4, -0.2) is 12.1 Å². The van der Waals surface area contributed by atoms with E-state index >= 15 is 0 Å². The van der Waals surface area contributed by atoms with Crippen molar-refractivity contribution in [1.82, 2.24) is 5.43 Å². The number of halogens is 1. The van der Waals surface area contributed by atoms with Crippen LogP contribution in [0.3, 0.4) is 0 Å². The Balaban J connectivity index is 1.60. The van der Waals surface area contributed by atoms with Crippen LogP contribution in [0.2, 0.25) is 0 Å². The maximum atomic E-state index is 12.1. The van der Waals surface area contributed by atoms with Crippen molar-refractivity contribution in [3.8, 4) is 0 Å². The summed E-state index contributed by atoms with van der Waals surface area (Å²) >= 11 is 7.66. The Morgan fingerprint density at radius 1 is 1.22 bits per heavy atom. The number of allylic oxidation sites excluding steroid dienone is 1. The van der Waals surface area contributed by atoms with Gasteiger partial charge in [0.1, 0.15) is 0 Å². The number of amides is 1. The molecule has 0 spiro atoms. The normalized spacial score (nSPS) is 14.7. The van der Waals surface area contributed by atoms with Gasteiger partial charge >= 0.3 is 0 Å². The summed E-state index contributed by atoms with van der Waals surface area (Å²) in [6, 6.07) is 11.7. The van der Waals surface area contributed by atoms with Crippen molar-refractivity contribution in [3.63, 3.8) is 0 Å². The molecule has 1 aliphatic carbocycles. The van der Waals surface area contributed by atoms with Gasteiger partial charge in [0.25, 0.3) is 5.91 Å². The Labute approximate surface area is 144 Å². The highest BCUT2D eigenvalue weighted by molar-refractivity contribution is 7.14. The van der Waals surface area contributed by atoms with Crippen molar-refractivity contribution in [2.45, 2.75) is 25.7 Å². The molecular weight excluding hydrogens is 328 g/mol. The van der Waals surface area contributed by atoms with Crippen molar-refractivity contribution >= 4 is 41.1 Å². The highest BCUT2D eigenvalue weighted by atomic mass is 35.5. The zero-order valence-electron chi connectivity index (χ0n) is 12.6. The van der Waals surface area contributed by atoms with Gasteiger partial charge < -0.3 is 0 Å². The minimum Gasteiger partial charge on any atom is -0.266 e. The van der Waals surface area contributed by atoms with Gasteiger partial charge in [0.15, 0.2) is 0 Å². The summed E-state index contributed by atoms with van der Waals surface area (Å²) in [5.41, 5.74) is 4.84. The third kappa shape index (κ3) is 4.30. The number of nitrogens with one attached hydrogen (secondary N) is 1. The van der Waals surface area contributed by atoms with Gasteiger partial charge in [-0.2, -0.15) is 5.10 Å². The van der Waals surface area contributed by atoms with Gasteiger partial charge in [0, 0.05) is 4.88 Å². The van der Waals surface area contributed by atoms with Crippen LogP contribution < -0.4 is 5.43 Å². The van der Waals surface area contributed by atoms with Crippen LogP contribution in [-0.2, 0) is 12.8 Å². The Hall–Kier alpha value is -1.91. The molecule has 0 fully saturated rings. The van der Waals surface area contributed by atoms with Gasteiger partial charge in [-0.05, 0) is 49.0 Å². The minimum absolute atomic E-state index is 0.176. The standard InChI is InChI=1S/C18H17ClN2OS/c19-15(10-13-6-2-1-3-7-13)12-20-21-18(22)17-11-14-8-4-5-9-16(14)23-17/h1-3,6-7,10-12H,4-5,8-9H2,(H,21,22)/b15-10+,20-12+. The summed E-state index contributed by atoms with van der Waals surface area (Å²) in [5.74, 6) is -0.176. The van der Waals surface area contributed by atoms with Crippen molar-refractivity contribution in [2.75, 3.05) is 0 Å². The highest BCUT2D eigenvalue weighted by Crippen LogP contribution is 2.29. The van der Waals surface area contributed by atoms with Gasteiger partial charge in [-0.15, -0.1) is 11.3 Å². The lowest BCUT2D eigenvalue weighted by atomic mass is 9.99. The molecule has 3 rings (SSSR count). The summed E-state index contributed by atoms with van der Waals surface area (Å²) < 4.78 is 0. The summed E-state index contributed by atoms with van der Waals surface area (Å²) in [6.45, 7) is 0. The number of nitrogens with zero attached hydrogens (tertiary/aromatic N) is 1. The molecule has 3 nitrogen and oxygen atoms in total. The number of hydrogen-bond acceptors (Lipinski definition) is 3. The average Bonchev–Trinajstić information content (AvgIpc) is 3.00. The molecule has 5 heteroatoms. The molecule has 23 heavy (non-hydrogen) atoms. The van der Waals surface area contributed by atoms with Crippen LogP contribution in [0.5, 0.6) is 0 Å². The lowest BCUT2D eigenvalue weighted by Crippen LogP contribution is -2.16. The number of aryl methyl sites for hydroxylation is 2. The van der Waals surface area contributed by atoms with Crippen LogP contribution >= 0.6 is 22.9 Å². The van der Waals surface area contributed by atoms with Crippen LogP contribution in [0.1, 0.15) is 38.5 Å². The fourth-order valence-corrected chi connectivity index (χ4v) is 3.87. The molecule has 1 amide bonds. The topological polar surface area (TPSA) is 41.5 Å². The zero-order valence-corrected chi connectivity index (χ0v) is 14.2. The predicted octanol–water partition coefficient (Wildman–Crippen LogP) is 4.62. The predicted molar refractivity (Wildman–Crippen MR) is 97.2 cm³/mol. The van der Waals surface area contributed by atoms with Crippen LogP contribution in [0.15, 0.2) is 46.5 Å². The van der Waals surface area contributed by atoms with E-state index < -0.39 is 0 Å². The lowest BCUT2D eigenvalue weighted by Gasteiger charge is -2.08. The van der Waals surface area contributed by atoms with E-state index in [1.165, 1.54) is 29.5 Å². The SMILES string of the molecule is O=C(N/N=C/C(Cl)=C\c1ccccc1)c1cc2c(s1)CCCC2. The third-order valence-electron chi connectivity index (χ3n) is 3.68. The summed E-state index contributed by atoms with van der Waals surface area (Å²) in [6.07, 6.45) is 7.83. The maximum Gasteiger partial charge on any atom is 0.281 e. The number of thiophene rings is 1. The van der Waals surface area contributed by atoms with Crippen LogP contribution in [0.4, 0.5) is 0 Å².